The number of aryl methyl sites for hydroxylation is 1. The third-order valence-corrected chi connectivity index (χ3v) is 3.62. The number of amides is 1. The lowest BCUT2D eigenvalue weighted by Crippen LogP contribution is -2.37. The second-order valence-electron chi connectivity index (χ2n) is 4.82. The molecule has 18 heavy (non-hydrogen) atoms. The maximum Gasteiger partial charge on any atom is 0.231 e. The first-order valence-corrected chi connectivity index (χ1v) is 6.46. The Hall–Kier alpha value is -1.55. The lowest BCUT2D eigenvalue weighted by Gasteiger charge is -2.34. The van der Waals surface area contributed by atoms with Crippen molar-refractivity contribution < 1.29 is 9.90 Å². The molecule has 0 saturated carbocycles. The Morgan fingerprint density at radius 1 is 1.56 bits per heavy atom. The minimum atomic E-state index is -0.302. The van der Waals surface area contributed by atoms with E-state index in [1.54, 1.807) is 6.07 Å². The number of carbonyl (C=O) groups excluding carboxylic acids is 1. The van der Waals surface area contributed by atoms with Crippen LogP contribution in [0.15, 0.2) is 18.2 Å². The zero-order chi connectivity index (χ0) is 13.1. The van der Waals surface area contributed by atoms with Crippen molar-refractivity contribution in [1.29, 1.82) is 0 Å². The van der Waals surface area contributed by atoms with Crippen LogP contribution in [-0.2, 0) is 11.2 Å². The number of aromatic hydroxyl groups is 1. The van der Waals surface area contributed by atoms with Gasteiger partial charge >= 0.3 is 0 Å². The molecule has 98 valence electrons. The Morgan fingerprint density at radius 2 is 2.33 bits per heavy atom. The topological polar surface area (TPSA) is 66.6 Å². The Labute approximate surface area is 107 Å². The zero-order valence-electron chi connectivity index (χ0n) is 10.7. The van der Waals surface area contributed by atoms with Gasteiger partial charge in [0.1, 0.15) is 5.75 Å². The number of hydrogen-bond donors (Lipinski definition) is 2. The van der Waals surface area contributed by atoms with Gasteiger partial charge in [-0.2, -0.15) is 0 Å². The van der Waals surface area contributed by atoms with E-state index < -0.39 is 0 Å². The summed E-state index contributed by atoms with van der Waals surface area (Å²) >= 11 is 0. The van der Waals surface area contributed by atoms with Gasteiger partial charge in [0.2, 0.25) is 5.91 Å². The molecule has 1 aliphatic rings. The summed E-state index contributed by atoms with van der Waals surface area (Å²) in [7, 11) is 0. The Bertz CT molecular complexity index is 445. The van der Waals surface area contributed by atoms with Crippen molar-refractivity contribution in [3.8, 4) is 5.75 Å². The fourth-order valence-electron chi connectivity index (χ4n) is 2.78. The third kappa shape index (κ3) is 2.64. The van der Waals surface area contributed by atoms with E-state index in [-0.39, 0.29) is 24.2 Å². The lowest BCUT2D eigenvalue weighted by molar-refractivity contribution is -0.119. The average Bonchev–Trinajstić information content (AvgIpc) is 2.35. The molecule has 1 aromatic rings. The highest BCUT2D eigenvalue weighted by molar-refractivity contribution is 5.76. The van der Waals surface area contributed by atoms with Crippen molar-refractivity contribution in [2.75, 3.05) is 13.1 Å². The van der Waals surface area contributed by atoms with Crippen LogP contribution < -0.4 is 5.73 Å². The van der Waals surface area contributed by atoms with Gasteiger partial charge in [-0.25, -0.2) is 0 Å². The predicted octanol–water partition coefficient (Wildman–Crippen LogP) is 1.58. The Balaban J connectivity index is 2.30. The van der Waals surface area contributed by atoms with Crippen LogP contribution in [0.2, 0.25) is 0 Å². The summed E-state index contributed by atoms with van der Waals surface area (Å²) in [6, 6.07) is 5.72. The largest absolute Gasteiger partial charge is 0.508 e. The fraction of sp³-hybridized carbons (Fsp3) is 0.500. The third-order valence-electron chi connectivity index (χ3n) is 3.62. The molecule has 0 aromatic heterocycles. The molecule has 1 aliphatic carbocycles. The molecular weight excluding hydrogens is 228 g/mol. The minimum Gasteiger partial charge on any atom is -0.508 e. The van der Waals surface area contributed by atoms with Crippen molar-refractivity contribution in [3.05, 3.63) is 29.3 Å². The number of fused-ring (bicyclic) bond motifs is 1. The van der Waals surface area contributed by atoms with Gasteiger partial charge in [-0.15, -0.1) is 0 Å². The van der Waals surface area contributed by atoms with Crippen LogP contribution in [0.5, 0.6) is 5.75 Å². The van der Waals surface area contributed by atoms with Gasteiger partial charge in [-0.3, -0.25) is 9.69 Å². The number of likely N-dealkylation sites (N-methyl/N-ethyl adjacent to an activating group) is 1. The molecule has 0 aliphatic heterocycles. The summed E-state index contributed by atoms with van der Waals surface area (Å²) in [5, 5.41) is 9.63. The molecule has 3 N–H and O–H groups in total. The van der Waals surface area contributed by atoms with Gasteiger partial charge < -0.3 is 10.8 Å². The minimum absolute atomic E-state index is 0.193. The molecular formula is C14H20N2O2. The molecule has 1 atom stereocenters. The summed E-state index contributed by atoms with van der Waals surface area (Å²) < 4.78 is 0. The summed E-state index contributed by atoms with van der Waals surface area (Å²) in [6.45, 7) is 3.08. The number of carbonyl (C=O) groups is 1. The fourth-order valence-corrected chi connectivity index (χ4v) is 2.78. The van der Waals surface area contributed by atoms with Gasteiger partial charge in [0.05, 0.1) is 6.54 Å². The van der Waals surface area contributed by atoms with Crippen molar-refractivity contribution >= 4 is 5.91 Å². The van der Waals surface area contributed by atoms with Gasteiger partial charge in [0.15, 0.2) is 0 Å². The monoisotopic (exact) mass is 248 g/mol. The Kier molecular flexibility index (Phi) is 3.87. The second-order valence-corrected chi connectivity index (χ2v) is 4.82. The summed E-state index contributed by atoms with van der Waals surface area (Å²) in [5.41, 5.74) is 7.71. The van der Waals surface area contributed by atoms with Crippen LogP contribution in [0.3, 0.4) is 0 Å². The second kappa shape index (κ2) is 5.40. The maximum atomic E-state index is 11.1. The molecule has 0 saturated heterocycles. The lowest BCUT2D eigenvalue weighted by atomic mass is 9.86. The highest BCUT2D eigenvalue weighted by Crippen LogP contribution is 2.35. The maximum absolute atomic E-state index is 11.1. The molecule has 0 radical (unpaired) electrons. The van der Waals surface area contributed by atoms with Gasteiger partial charge in [0.25, 0.3) is 0 Å². The van der Waals surface area contributed by atoms with Crippen molar-refractivity contribution in [1.82, 2.24) is 4.90 Å². The van der Waals surface area contributed by atoms with Gasteiger partial charge in [-0.05, 0) is 49.1 Å². The Morgan fingerprint density at radius 3 is 3.00 bits per heavy atom. The van der Waals surface area contributed by atoms with E-state index in [9.17, 15) is 9.90 Å². The number of phenolic OH excluding ortho intramolecular Hbond substituents is 1. The summed E-state index contributed by atoms with van der Waals surface area (Å²) in [5.74, 6) is -0.0140. The van der Waals surface area contributed by atoms with E-state index in [4.69, 9.17) is 5.73 Å². The highest BCUT2D eigenvalue weighted by Gasteiger charge is 2.26. The molecule has 0 heterocycles. The number of phenols is 1. The average molecular weight is 248 g/mol. The van der Waals surface area contributed by atoms with Crippen LogP contribution in [0.4, 0.5) is 0 Å². The van der Waals surface area contributed by atoms with Crippen LogP contribution in [0, 0.1) is 0 Å². The van der Waals surface area contributed by atoms with Crippen molar-refractivity contribution in [3.63, 3.8) is 0 Å². The number of rotatable bonds is 4. The van der Waals surface area contributed by atoms with Crippen LogP contribution in [0.1, 0.15) is 36.9 Å². The van der Waals surface area contributed by atoms with Crippen molar-refractivity contribution in [2.45, 2.75) is 32.2 Å². The quantitative estimate of drug-likeness (QED) is 0.850. The van der Waals surface area contributed by atoms with Crippen molar-refractivity contribution in [2.24, 2.45) is 5.73 Å². The van der Waals surface area contributed by atoms with Crippen LogP contribution >= 0.6 is 0 Å². The number of primary amides is 1. The molecule has 2 rings (SSSR count). The standard InChI is InChI=1S/C14H20N2O2/c1-2-16(9-14(15)18)13-5-3-4-10-6-7-11(17)8-12(10)13/h6-8,13,17H,2-5,9H2,1H3,(H2,15,18). The summed E-state index contributed by atoms with van der Waals surface area (Å²) in [6.07, 6.45) is 3.16. The smallest absolute Gasteiger partial charge is 0.231 e. The van der Waals surface area contributed by atoms with E-state index in [1.807, 2.05) is 19.1 Å². The molecule has 0 bridgehead atoms. The first-order valence-electron chi connectivity index (χ1n) is 6.46. The van der Waals surface area contributed by atoms with Crippen LogP contribution in [-0.4, -0.2) is 29.0 Å². The van der Waals surface area contributed by atoms with E-state index in [0.717, 1.165) is 31.4 Å². The molecule has 1 aromatic carbocycles. The molecule has 1 amide bonds. The van der Waals surface area contributed by atoms with E-state index in [1.165, 1.54) is 5.56 Å². The van der Waals surface area contributed by atoms with Gasteiger partial charge in [-0.1, -0.05) is 13.0 Å². The molecule has 4 heteroatoms. The molecule has 1 unspecified atom stereocenters. The highest BCUT2D eigenvalue weighted by atomic mass is 16.3. The zero-order valence-corrected chi connectivity index (χ0v) is 10.7. The van der Waals surface area contributed by atoms with Gasteiger partial charge in [0, 0.05) is 6.04 Å². The van der Waals surface area contributed by atoms with E-state index in [2.05, 4.69) is 4.90 Å². The van der Waals surface area contributed by atoms with E-state index >= 15 is 0 Å². The number of hydrogen-bond acceptors (Lipinski definition) is 3. The predicted molar refractivity (Wildman–Crippen MR) is 70.2 cm³/mol. The van der Waals surface area contributed by atoms with Crippen LogP contribution in [0.25, 0.3) is 0 Å². The number of nitrogens with zero attached hydrogens (tertiary/aromatic N) is 1. The number of benzene rings is 1. The number of nitrogens with two attached hydrogens (primary N) is 1. The first-order chi connectivity index (χ1) is 8.61. The summed E-state index contributed by atoms with van der Waals surface area (Å²) in [4.78, 5) is 13.2. The first kappa shape index (κ1) is 12.9. The normalized spacial score (nSPS) is 18.7. The molecule has 0 spiro atoms. The molecule has 0 fully saturated rings. The van der Waals surface area contributed by atoms with E-state index in [0.29, 0.717) is 0 Å². The molecule has 4 nitrogen and oxygen atoms in total. The SMILES string of the molecule is CCN(CC(N)=O)C1CCCc2ccc(O)cc21.